The molecule has 1 atom stereocenters. The van der Waals surface area contributed by atoms with E-state index in [9.17, 15) is 8.78 Å². The van der Waals surface area contributed by atoms with Crippen molar-refractivity contribution in [2.45, 2.75) is 45.7 Å². The quantitative estimate of drug-likeness (QED) is 0.338. The van der Waals surface area contributed by atoms with Crippen LogP contribution in [0.5, 0.6) is 0 Å². The minimum atomic E-state index is -0.489. The molecule has 0 bridgehead atoms. The number of halogens is 3. The highest BCUT2D eigenvalue weighted by atomic mass is 127. The van der Waals surface area contributed by atoms with Crippen LogP contribution in [0.3, 0.4) is 0 Å². The van der Waals surface area contributed by atoms with Gasteiger partial charge in [0.05, 0.1) is 5.69 Å². The Morgan fingerprint density at radius 3 is 2.63 bits per heavy atom. The summed E-state index contributed by atoms with van der Waals surface area (Å²) >= 11 is 0. The van der Waals surface area contributed by atoms with Gasteiger partial charge < -0.3 is 15.2 Å². The number of guanidine groups is 1. The lowest BCUT2D eigenvalue weighted by Crippen LogP contribution is -2.51. The van der Waals surface area contributed by atoms with Gasteiger partial charge in [0, 0.05) is 43.9 Å². The Morgan fingerprint density at radius 1 is 1.27 bits per heavy atom. The second kappa shape index (κ2) is 11.6. The van der Waals surface area contributed by atoms with Crippen molar-refractivity contribution < 1.29 is 13.3 Å². The van der Waals surface area contributed by atoms with E-state index in [-0.39, 0.29) is 42.1 Å². The molecule has 1 unspecified atom stereocenters. The smallest absolute Gasteiger partial charge is 0.191 e. The number of nitrogens with one attached hydrogen (secondary N) is 2. The van der Waals surface area contributed by atoms with E-state index in [1.54, 1.807) is 7.05 Å². The Balaban J connectivity index is 0.00000320. The third-order valence-electron chi connectivity index (χ3n) is 5.36. The molecule has 0 aliphatic carbocycles. The van der Waals surface area contributed by atoms with Crippen LogP contribution in [0.15, 0.2) is 27.7 Å². The molecule has 1 saturated heterocycles. The first kappa shape index (κ1) is 24.5. The summed E-state index contributed by atoms with van der Waals surface area (Å²) in [5.74, 6) is 0.588. The molecule has 0 radical (unpaired) electrons. The molecule has 2 N–H and O–H groups in total. The van der Waals surface area contributed by atoms with Crippen LogP contribution in [0.4, 0.5) is 8.78 Å². The Morgan fingerprint density at radius 2 is 2.00 bits per heavy atom. The van der Waals surface area contributed by atoms with Crippen molar-refractivity contribution in [3.05, 3.63) is 52.4 Å². The van der Waals surface area contributed by atoms with E-state index in [4.69, 9.17) is 4.52 Å². The van der Waals surface area contributed by atoms with Gasteiger partial charge in [-0.05, 0) is 51.8 Å². The molecule has 166 valence electrons. The van der Waals surface area contributed by atoms with E-state index < -0.39 is 11.6 Å². The standard InChI is InChI=1S/C21H29F2N5O.HI/c1-14-17(15(2)29-27-14)9-10-25-21(24-3)26-16-6-5-11-28(12-16)13-18-19(22)7-4-8-20(18)23;/h4,7-8,16H,5-6,9-13H2,1-3H3,(H2,24,25,26);1H. The van der Waals surface area contributed by atoms with Gasteiger partial charge in [0.15, 0.2) is 5.96 Å². The number of likely N-dealkylation sites (tertiary alicyclic amines) is 1. The molecule has 1 fully saturated rings. The summed E-state index contributed by atoms with van der Waals surface area (Å²) < 4.78 is 33.1. The summed E-state index contributed by atoms with van der Waals surface area (Å²) in [4.78, 5) is 6.38. The lowest BCUT2D eigenvalue weighted by atomic mass is 10.0. The van der Waals surface area contributed by atoms with Crippen molar-refractivity contribution in [3.63, 3.8) is 0 Å². The number of aromatic nitrogens is 1. The number of hydrogen-bond acceptors (Lipinski definition) is 4. The number of piperidine rings is 1. The zero-order chi connectivity index (χ0) is 20.8. The van der Waals surface area contributed by atoms with Gasteiger partial charge in [0.25, 0.3) is 0 Å². The van der Waals surface area contributed by atoms with Crippen molar-refractivity contribution in [3.8, 4) is 0 Å². The predicted molar refractivity (Wildman–Crippen MR) is 124 cm³/mol. The fourth-order valence-corrected chi connectivity index (χ4v) is 3.78. The van der Waals surface area contributed by atoms with Gasteiger partial charge in [-0.1, -0.05) is 11.2 Å². The molecule has 2 heterocycles. The summed E-state index contributed by atoms with van der Waals surface area (Å²) in [7, 11) is 1.74. The maximum atomic E-state index is 14.0. The Bertz CT molecular complexity index is 818. The van der Waals surface area contributed by atoms with Crippen LogP contribution >= 0.6 is 24.0 Å². The summed E-state index contributed by atoms with van der Waals surface area (Å²) in [6.45, 7) is 6.36. The van der Waals surface area contributed by atoms with E-state index in [1.165, 1.54) is 18.2 Å². The molecule has 1 aliphatic rings. The van der Waals surface area contributed by atoms with Crippen molar-refractivity contribution >= 4 is 29.9 Å². The number of aryl methyl sites for hydroxylation is 2. The van der Waals surface area contributed by atoms with E-state index in [0.717, 1.165) is 48.8 Å². The maximum absolute atomic E-state index is 14.0. The van der Waals surface area contributed by atoms with Crippen LogP contribution in [0.2, 0.25) is 0 Å². The average molecular weight is 533 g/mol. The molecule has 3 rings (SSSR count). The predicted octanol–water partition coefficient (Wildman–Crippen LogP) is 3.56. The number of nitrogens with zero attached hydrogens (tertiary/aromatic N) is 3. The first-order valence-corrected chi connectivity index (χ1v) is 10.0. The highest BCUT2D eigenvalue weighted by Gasteiger charge is 2.22. The van der Waals surface area contributed by atoms with Crippen LogP contribution in [0, 0.1) is 25.5 Å². The first-order chi connectivity index (χ1) is 14.0. The van der Waals surface area contributed by atoms with Gasteiger partial charge in [-0.15, -0.1) is 24.0 Å². The summed E-state index contributed by atoms with van der Waals surface area (Å²) in [6.07, 6.45) is 2.75. The normalized spacial score (nSPS) is 17.5. The molecule has 2 aromatic rings. The Hall–Kier alpha value is -1.75. The second-order valence-corrected chi connectivity index (χ2v) is 7.47. The number of benzene rings is 1. The average Bonchev–Trinajstić information content (AvgIpc) is 3.02. The highest BCUT2D eigenvalue weighted by Crippen LogP contribution is 2.18. The highest BCUT2D eigenvalue weighted by molar-refractivity contribution is 14.0. The van der Waals surface area contributed by atoms with Crippen LogP contribution in [-0.4, -0.2) is 48.7 Å². The minimum Gasteiger partial charge on any atom is -0.361 e. The zero-order valence-electron chi connectivity index (χ0n) is 17.7. The lowest BCUT2D eigenvalue weighted by molar-refractivity contribution is 0.188. The van der Waals surface area contributed by atoms with E-state index in [2.05, 4.69) is 25.7 Å². The number of rotatable bonds is 6. The molecular weight excluding hydrogens is 503 g/mol. The Kier molecular flexibility index (Phi) is 9.47. The van der Waals surface area contributed by atoms with Crippen molar-refractivity contribution in [1.29, 1.82) is 0 Å². The molecule has 6 nitrogen and oxygen atoms in total. The third-order valence-corrected chi connectivity index (χ3v) is 5.36. The van der Waals surface area contributed by atoms with Crippen molar-refractivity contribution in [2.75, 3.05) is 26.7 Å². The molecule has 30 heavy (non-hydrogen) atoms. The topological polar surface area (TPSA) is 65.7 Å². The van der Waals surface area contributed by atoms with Gasteiger partial charge in [-0.2, -0.15) is 0 Å². The molecule has 1 aromatic carbocycles. The van der Waals surface area contributed by atoms with Gasteiger partial charge >= 0.3 is 0 Å². The summed E-state index contributed by atoms with van der Waals surface area (Å²) in [5, 5.41) is 10.7. The number of hydrogen-bond donors (Lipinski definition) is 2. The Labute approximate surface area is 193 Å². The largest absolute Gasteiger partial charge is 0.361 e. The van der Waals surface area contributed by atoms with Gasteiger partial charge in [-0.3, -0.25) is 9.89 Å². The van der Waals surface area contributed by atoms with Gasteiger partial charge in [0.2, 0.25) is 0 Å². The summed E-state index contributed by atoms with van der Waals surface area (Å²) in [5.41, 5.74) is 2.16. The third kappa shape index (κ3) is 6.37. The fourth-order valence-electron chi connectivity index (χ4n) is 3.78. The maximum Gasteiger partial charge on any atom is 0.191 e. The van der Waals surface area contributed by atoms with E-state index >= 15 is 0 Å². The first-order valence-electron chi connectivity index (χ1n) is 10.0. The van der Waals surface area contributed by atoms with Crippen LogP contribution in [-0.2, 0) is 13.0 Å². The minimum absolute atomic E-state index is 0. The molecular formula is C21H30F2IN5O. The molecule has 0 saturated carbocycles. The van der Waals surface area contributed by atoms with Crippen molar-refractivity contribution in [1.82, 2.24) is 20.7 Å². The van der Waals surface area contributed by atoms with E-state index in [1.807, 2.05) is 13.8 Å². The molecule has 1 aliphatic heterocycles. The molecule has 0 amide bonds. The molecule has 0 spiro atoms. The van der Waals surface area contributed by atoms with Gasteiger partial charge in [0.1, 0.15) is 17.4 Å². The fraction of sp³-hybridized carbons (Fsp3) is 0.524. The molecule has 1 aromatic heterocycles. The van der Waals surface area contributed by atoms with Gasteiger partial charge in [-0.25, -0.2) is 8.78 Å². The van der Waals surface area contributed by atoms with Crippen LogP contribution in [0.1, 0.15) is 35.4 Å². The second-order valence-electron chi connectivity index (χ2n) is 7.47. The molecule has 9 heteroatoms. The van der Waals surface area contributed by atoms with Crippen LogP contribution in [0.25, 0.3) is 0 Å². The monoisotopic (exact) mass is 533 g/mol. The SMILES string of the molecule is CN=C(NCCc1c(C)noc1C)NC1CCCN(Cc2c(F)cccc2F)C1.I. The van der Waals surface area contributed by atoms with Crippen LogP contribution < -0.4 is 10.6 Å². The lowest BCUT2D eigenvalue weighted by Gasteiger charge is -2.34. The van der Waals surface area contributed by atoms with E-state index in [0.29, 0.717) is 13.1 Å². The summed E-state index contributed by atoms with van der Waals surface area (Å²) in [6, 6.07) is 4.18. The zero-order valence-corrected chi connectivity index (χ0v) is 20.0. The van der Waals surface area contributed by atoms with Crippen molar-refractivity contribution in [2.24, 2.45) is 4.99 Å². The number of aliphatic imine (C=N–C) groups is 1.